The Labute approximate surface area is 118 Å². The molecule has 0 unspecified atom stereocenters. The van der Waals surface area contributed by atoms with E-state index in [1.54, 1.807) is 12.1 Å². The zero-order chi connectivity index (χ0) is 14.0. The van der Waals surface area contributed by atoms with Crippen molar-refractivity contribution in [3.05, 3.63) is 49.7 Å². The van der Waals surface area contributed by atoms with Gasteiger partial charge in [0, 0.05) is 22.6 Å². The summed E-state index contributed by atoms with van der Waals surface area (Å²) in [7, 11) is 0. The smallest absolute Gasteiger partial charge is 0.275 e. The molecule has 2 N–H and O–H groups in total. The van der Waals surface area contributed by atoms with Crippen LogP contribution < -0.4 is 5.32 Å². The highest BCUT2D eigenvalue weighted by atomic mass is 79.9. The van der Waals surface area contributed by atoms with Gasteiger partial charge >= 0.3 is 0 Å². The number of hydrogen-bond acceptors (Lipinski definition) is 4. The Morgan fingerprint density at radius 1 is 1.47 bits per heavy atom. The summed E-state index contributed by atoms with van der Waals surface area (Å²) in [4.78, 5) is 10.6. The van der Waals surface area contributed by atoms with Crippen LogP contribution in [0.2, 0.25) is 0 Å². The first kappa shape index (κ1) is 13.5. The van der Waals surface area contributed by atoms with Gasteiger partial charge in [-0.05, 0) is 26.0 Å². The van der Waals surface area contributed by atoms with Crippen LogP contribution in [0.3, 0.4) is 0 Å². The second-order valence-corrected chi connectivity index (χ2v) is 5.11. The van der Waals surface area contributed by atoms with Crippen molar-refractivity contribution in [2.75, 3.05) is 5.32 Å². The third-order valence-electron chi connectivity index (χ3n) is 2.83. The van der Waals surface area contributed by atoms with Crippen molar-refractivity contribution in [3.63, 3.8) is 0 Å². The van der Waals surface area contributed by atoms with Crippen LogP contribution in [-0.4, -0.2) is 15.1 Å². The van der Waals surface area contributed by atoms with Gasteiger partial charge in [-0.3, -0.25) is 15.2 Å². The minimum atomic E-state index is -0.378. The van der Waals surface area contributed by atoms with Crippen molar-refractivity contribution in [1.29, 1.82) is 0 Å². The molecule has 2 rings (SSSR count). The summed E-state index contributed by atoms with van der Waals surface area (Å²) in [5, 5.41) is 21.1. The summed E-state index contributed by atoms with van der Waals surface area (Å²) >= 11 is 3.24. The van der Waals surface area contributed by atoms with Crippen LogP contribution in [0.5, 0.6) is 0 Å². The van der Waals surface area contributed by atoms with Gasteiger partial charge < -0.3 is 5.32 Å². The molecule has 1 heterocycles. The third-order valence-corrected chi connectivity index (χ3v) is 3.32. The van der Waals surface area contributed by atoms with Crippen LogP contribution in [-0.2, 0) is 6.54 Å². The van der Waals surface area contributed by atoms with Crippen molar-refractivity contribution >= 4 is 27.3 Å². The van der Waals surface area contributed by atoms with Gasteiger partial charge in [0.15, 0.2) is 0 Å². The highest BCUT2D eigenvalue weighted by molar-refractivity contribution is 9.10. The number of nitro groups is 1. The Morgan fingerprint density at radius 3 is 2.79 bits per heavy atom. The second-order valence-electron chi connectivity index (χ2n) is 4.19. The van der Waals surface area contributed by atoms with E-state index in [9.17, 15) is 10.1 Å². The van der Waals surface area contributed by atoms with Gasteiger partial charge in [-0.25, -0.2) is 0 Å². The van der Waals surface area contributed by atoms with Gasteiger partial charge in [0.2, 0.25) is 0 Å². The number of hydrogen-bond donors (Lipinski definition) is 2. The Bertz CT molecular complexity index is 605. The average molecular weight is 325 g/mol. The molecule has 100 valence electrons. The molecule has 0 radical (unpaired) electrons. The lowest BCUT2D eigenvalue weighted by Crippen LogP contribution is -2.04. The van der Waals surface area contributed by atoms with E-state index in [2.05, 4.69) is 31.4 Å². The molecule has 1 aromatic carbocycles. The van der Waals surface area contributed by atoms with E-state index in [4.69, 9.17) is 0 Å². The van der Waals surface area contributed by atoms with Gasteiger partial charge in [0.1, 0.15) is 0 Å². The lowest BCUT2D eigenvalue weighted by molar-refractivity contribution is -0.385. The van der Waals surface area contributed by atoms with Crippen molar-refractivity contribution in [2.24, 2.45) is 0 Å². The molecule has 1 aromatic heterocycles. The second kappa shape index (κ2) is 5.40. The van der Waals surface area contributed by atoms with Crippen LogP contribution in [0.25, 0.3) is 0 Å². The zero-order valence-corrected chi connectivity index (χ0v) is 12.1. The summed E-state index contributed by atoms with van der Waals surface area (Å²) in [5.41, 5.74) is 3.38. The molecule has 2 aromatic rings. The molecule has 0 fully saturated rings. The van der Waals surface area contributed by atoms with Crippen LogP contribution in [0, 0.1) is 24.0 Å². The largest absolute Gasteiger partial charge is 0.378 e. The van der Waals surface area contributed by atoms with Crippen molar-refractivity contribution < 1.29 is 4.92 Å². The minimum Gasteiger partial charge on any atom is -0.378 e. The highest BCUT2D eigenvalue weighted by Gasteiger charge is 2.15. The van der Waals surface area contributed by atoms with Gasteiger partial charge in [0.05, 0.1) is 22.0 Å². The van der Waals surface area contributed by atoms with Crippen molar-refractivity contribution in [2.45, 2.75) is 20.4 Å². The average Bonchev–Trinajstić information content (AvgIpc) is 2.68. The number of nitrogens with zero attached hydrogens (tertiary/aromatic N) is 2. The molecule has 0 aliphatic heterocycles. The van der Waals surface area contributed by atoms with E-state index in [0.717, 1.165) is 17.1 Å². The topological polar surface area (TPSA) is 83.8 Å². The van der Waals surface area contributed by atoms with E-state index in [-0.39, 0.29) is 10.6 Å². The number of H-pyrrole nitrogens is 1. The monoisotopic (exact) mass is 324 g/mol. The van der Waals surface area contributed by atoms with Gasteiger partial charge in [-0.2, -0.15) is 5.10 Å². The number of anilines is 1. The predicted molar refractivity (Wildman–Crippen MR) is 76.2 cm³/mol. The Hall–Kier alpha value is -1.89. The summed E-state index contributed by atoms with van der Waals surface area (Å²) < 4.78 is 0.693. The summed E-state index contributed by atoms with van der Waals surface area (Å²) in [6.07, 6.45) is 0. The Morgan fingerprint density at radius 2 is 2.21 bits per heavy atom. The van der Waals surface area contributed by atoms with Gasteiger partial charge in [-0.15, -0.1) is 0 Å². The fourth-order valence-corrected chi connectivity index (χ4v) is 2.20. The molecule has 0 atom stereocenters. The number of aromatic amines is 1. The van der Waals surface area contributed by atoms with Crippen LogP contribution in [0.1, 0.15) is 17.0 Å². The minimum absolute atomic E-state index is 0.0978. The Kier molecular flexibility index (Phi) is 3.84. The number of nitro benzene ring substituents is 1. The first-order valence-electron chi connectivity index (χ1n) is 5.67. The van der Waals surface area contributed by atoms with Crippen molar-refractivity contribution in [3.8, 4) is 0 Å². The summed E-state index contributed by atoms with van der Waals surface area (Å²) in [6, 6.07) is 5.03. The number of aromatic nitrogens is 2. The van der Waals surface area contributed by atoms with E-state index < -0.39 is 0 Å². The van der Waals surface area contributed by atoms with Crippen LogP contribution in [0.15, 0.2) is 22.7 Å². The maximum Gasteiger partial charge on any atom is 0.275 e. The standard InChI is InChI=1S/C12H13BrN4O2/c1-7-12(8(2)16-15-7)14-6-9-3-4-10(13)5-11(9)17(18)19/h3-5,14H,6H2,1-2H3,(H,15,16). The van der Waals surface area contributed by atoms with E-state index in [1.807, 2.05) is 13.8 Å². The quantitative estimate of drug-likeness (QED) is 0.667. The predicted octanol–water partition coefficient (Wildman–Crippen LogP) is 3.31. The van der Waals surface area contributed by atoms with Crippen LogP contribution >= 0.6 is 15.9 Å². The maximum absolute atomic E-state index is 11.0. The van der Waals surface area contributed by atoms with Gasteiger partial charge in [-0.1, -0.05) is 15.9 Å². The number of rotatable bonds is 4. The molecule has 0 spiro atoms. The third kappa shape index (κ3) is 2.93. The highest BCUT2D eigenvalue weighted by Crippen LogP contribution is 2.25. The molecule has 19 heavy (non-hydrogen) atoms. The number of aryl methyl sites for hydroxylation is 2. The van der Waals surface area contributed by atoms with Gasteiger partial charge in [0.25, 0.3) is 5.69 Å². The molecular weight excluding hydrogens is 312 g/mol. The van der Waals surface area contributed by atoms with Crippen LogP contribution in [0.4, 0.5) is 11.4 Å². The summed E-state index contributed by atoms with van der Waals surface area (Å²) in [5.74, 6) is 0. The molecular formula is C12H13BrN4O2. The lowest BCUT2D eigenvalue weighted by atomic mass is 10.1. The first-order valence-corrected chi connectivity index (χ1v) is 6.46. The molecule has 0 aliphatic rings. The molecule has 0 saturated heterocycles. The number of halogens is 1. The first-order chi connectivity index (χ1) is 8.99. The lowest BCUT2D eigenvalue weighted by Gasteiger charge is -2.07. The molecule has 7 heteroatoms. The number of nitrogens with one attached hydrogen (secondary N) is 2. The normalized spacial score (nSPS) is 10.5. The SMILES string of the molecule is Cc1n[nH]c(C)c1NCc1ccc(Br)cc1[N+](=O)[O-]. The summed E-state index contributed by atoms with van der Waals surface area (Å²) in [6.45, 7) is 4.16. The maximum atomic E-state index is 11.0. The fraction of sp³-hybridized carbons (Fsp3) is 0.250. The zero-order valence-electron chi connectivity index (χ0n) is 10.5. The Balaban J connectivity index is 2.23. The molecule has 0 amide bonds. The molecule has 0 saturated carbocycles. The van der Waals surface area contributed by atoms with E-state index in [0.29, 0.717) is 16.6 Å². The van der Waals surface area contributed by atoms with E-state index >= 15 is 0 Å². The van der Waals surface area contributed by atoms with Crippen molar-refractivity contribution in [1.82, 2.24) is 10.2 Å². The van der Waals surface area contributed by atoms with E-state index in [1.165, 1.54) is 6.07 Å². The number of benzene rings is 1. The molecule has 0 bridgehead atoms. The fourth-order valence-electron chi connectivity index (χ4n) is 1.85. The molecule has 0 aliphatic carbocycles. The molecule has 6 nitrogen and oxygen atoms in total.